The monoisotopic (exact) mass is 241 g/mol. The van der Waals surface area contributed by atoms with Crippen molar-refractivity contribution in [3.05, 3.63) is 29.8 Å². The second-order valence-corrected chi connectivity index (χ2v) is 4.36. The summed E-state index contributed by atoms with van der Waals surface area (Å²) < 4.78 is 31.6. The molecule has 1 unspecified atom stereocenters. The summed E-state index contributed by atoms with van der Waals surface area (Å²) in [6.45, 7) is 3.27. The first kappa shape index (κ1) is 12.3. The summed E-state index contributed by atoms with van der Waals surface area (Å²) in [6, 6.07) is 4.23. The van der Waals surface area contributed by atoms with E-state index in [1.54, 1.807) is 0 Å². The van der Waals surface area contributed by atoms with Crippen LogP contribution in [0, 0.1) is 17.6 Å². The van der Waals surface area contributed by atoms with Crippen LogP contribution in [0.25, 0.3) is 0 Å². The summed E-state index contributed by atoms with van der Waals surface area (Å²) in [5, 5.41) is 3.31. The Balaban J connectivity index is 1.93. The van der Waals surface area contributed by atoms with E-state index in [0.29, 0.717) is 12.5 Å². The minimum Gasteiger partial charge on any atom is -0.489 e. The van der Waals surface area contributed by atoms with Crippen LogP contribution in [-0.2, 0) is 0 Å². The first-order valence-corrected chi connectivity index (χ1v) is 6.02. The lowest BCUT2D eigenvalue weighted by Crippen LogP contribution is -2.36. The molecule has 1 N–H and O–H groups in total. The van der Waals surface area contributed by atoms with Crippen LogP contribution in [0.15, 0.2) is 18.2 Å². The van der Waals surface area contributed by atoms with Gasteiger partial charge in [-0.25, -0.2) is 4.39 Å². The van der Waals surface area contributed by atoms with Crippen LogP contribution in [0.2, 0.25) is 0 Å². The Morgan fingerprint density at radius 2 is 2.18 bits per heavy atom. The Morgan fingerprint density at radius 3 is 2.82 bits per heavy atom. The van der Waals surface area contributed by atoms with Crippen molar-refractivity contribution in [1.82, 2.24) is 5.32 Å². The second kappa shape index (κ2) is 5.45. The number of hydrogen-bond donors (Lipinski definition) is 1. The zero-order valence-corrected chi connectivity index (χ0v) is 9.88. The summed E-state index contributed by atoms with van der Waals surface area (Å²) in [7, 11) is 0. The van der Waals surface area contributed by atoms with Gasteiger partial charge in [0.1, 0.15) is 6.61 Å². The van der Waals surface area contributed by atoms with Gasteiger partial charge in [-0.15, -0.1) is 0 Å². The molecular weight excluding hydrogens is 224 g/mol. The van der Waals surface area contributed by atoms with Crippen molar-refractivity contribution in [3.63, 3.8) is 0 Å². The summed E-state index contributed by atoms with van der Waals surface area (Å²) in [6.07, 6.45) is 2.37. The number of hydrogen-bond acceptors (Lipinski definition) is 2. The molecule has 2 rings (SSSR count). The zero-order chi connectivity index (χ0) is 12.3. The lowest BCUT2D eigenvalue weighted by Gasteiger charge is -2.18. The molecule has 0 spiro atoms. The third kappa shape index (κ3) is 3.16. The quantitative estimate of drug-likeness (QED) is 0.826. The van der Waals surface area contributed by atoms with Crippen molar-refractivity contribution in [2.24, 2.45) is 5.92 Å². The first-order valence-electron chi connectivity index (χ1n) is 6.02. The van der Waals surface area contributed by atoms with Gasteiger partial charge in [-0.3, -0.25) is 0 Å². The average Bonchev–Trinajstić information content (AvgIpc) is 3.13. The summed E-state index contributed by atoms with van der Waals surface area (Å²) >= 11 is 0. The van der Waals surface area contributed by atoms with Gasteiger partial charge in [0.15, 0.2) is 11.6 Å². The molecule has 0 radical (unpaired) electrons. The fraction of sp³-hybridized carbons (Fsp3) is 0.538. The third-order valence-electron chi connectivity index (χ3n) is 2.99. The molecule has 1 fully saturated rings. The van der Waals surface area contributed by atoms with Crippen LogP contribution in [0.3, 0.4) is 0 Å². The van der Waals surface area contributed by atoms with Gasteiger partial charge in [0.25, 0.3) is 0 Å². The van der Waals surface area contributed by atoms with Gasteiger partial charge in [-0.05, 0) is 37.4 Å². The zero-order valence-electron chi connectivity index (χ0n) is 9.88. The van der Waals surface area contributed by atoms with Crippen molar-refractivity contribution >= 4 is 0 Å². The van der Waals surface area contributed by atoms with Gasteiger partial charge in [-0.2, -0.15) is 4.39 Å². The highest BCUT2D eigenvalue weighted by Crippen LogP contribution is 2.33. The SMILES string of the molecule is CCNC(COc1cccc(F)c1F)C1CC1. The Morgan fingerprint density at radius 1 is 1.41 bits per heavy atom. The van der Waals surface area contributed by atoms with E-state index in [1.807, 2.05) is 6.92 Å². The van der Waals surface area contributed by atoms with E-state index in [0.717, 1.165) is 12.6 Å². The van der Waals surface area contributed by atoms with Crippen LogP contribution >= 0.6 is 0 Å². The first-order chi connectivity index (χ1) is 8.22. The largest absolute Gasteiger partial charge is 0.489 e. The smallest absolute Gasteiger partial charge is 0.200 e. The van der Waals surface area contributed by atoms with Crippen molar-refractivity contribution in [3.8, 4) is 5.75 Å². The van der Waals surface area contributed by atoms with Crippen LogP contribution in [0.1, 0.15) is 19.8 Å². The minimum absolute atomic E-state index is 0.00597. The predicted octanol–water partition coefficient (Wildman–Crippen LogP) is 2.73. The molecular formula is C13H17F2NO. The Hall–Kier alpha value is -1.16. The van der Waals surface area contributed by atoms with Gasteiger partial charge < -0.3 is 10.1 Å². The molecule has 94 valence electrons. The molecule has 2 nitrogen and oxygen atoms in total. The standard InChI is InChI=1S/C13H17F2NO/c1-2-16-11(9-6-7-9)8-17-12-5-3-4-10(14)13(12)15/h3-5,9,11,16H,2,6-8H2,1H3. The molecule has 1 aliphatic rings. The molecule has 0 aliphatic heterocycles. The van der Waals surface area contributed by atoms with Crippen molar-refractivity contribution in [1.29, 1.82) is 0 Å². The molecule has 1 aromatic carbocycles. The van der Waals surface area contributed by atoms with Gasteiger partial charge in [0.2, 0.25) is 5.82 Å². The van der Waals surface area contributed by atoms with E-state index in [9.17, 15) is 8.78 Å². The van der Waals surface area contributed by atoms with E-state index in [1.165, 1.54) is 25.0 Å². The molecule has 1 aromatic rings. The normalized spacial score (nSPS) is 16.9. The number of benzene rings is 1. The Labute approximate surface area is 100.0 Å². The fourth-order valence-electron chi connectivity index (χ4n) is 1.90. The maximum absolute atomic E-state index is 13.3. The maximum Gasteiger partial charge on any atom is 0.200 e. The van der Waals surface area contributed by atoms with E-state index in [4.69, 9.17) is 4.74 Å². The lowest BCUT2D eigenvalue weighted by atomic mass is 10.2. The highest BCUT2D eigenvalue weighted by molar-refractivity contribution is 5.25. The number of rotatable bonds is 6. The molecule has 0 aromatic heterocycles. The van der Waals surface area contributed by atoms with Crippen molar-refractivity contribution in [2.45, 2.75) is 25.8 Å². The summed E-state index contributed by atoms with van der Waals surface area (Å²) in [5.74, 6) is -1.16. The summed E-state index contributed by atoms with van der Waals surface area (Å²) in [4.78, 5) is 0. The van der Waals surface area contributed by atoms with Gasteiger partial charge >= 0.3 is 0 Å². The average molecular weight is 241 g/mol. The number of nitrogens with one attached hydrogen (secondary N) is 1. The number of halogens is 2. The second-order valence-electron chi connectivity index (χ2n) is 4.36. The number of likely N-dealkylation sites (N-methyl/N-ethyl adjacent to an activating group) is 1. The van der Waals surface area contributed by atoms with Crippen molar-refractivity contribution < 1.29 is 13.5 Å². The van der Waals surface area contributed by atoms with Crippen LogP contribution < -0.4 is 10.1 Å². The molecule has 4 heteroatoms. The van der Waals surface area contributed by atoms with Crippen molar-refractivity contribution in [2.75, 3.05) is 13.2 Å². The predicted molar refractivity (Wildman–Crippen MR) is 62.0 cm³/mol. The highest BCUT2D eigenvalue weighted by Gasteiger charge is 2.31. The van der Waals surface area contributed by atoms with Gasteiger partial charge in [0.05, 0.1) is 0 Å². The fourth-order valence-corrected chi connectivity index (χ4v) is 1.90. The molecule has 1 saturated carbocycles. The molecule has 0 bridgehead atoms. The maximum atomic E-state index is 13.3. The van der Waals surface area contributed by atoms with E-state index in [-0.39, 0.29) is 11.8 Å². The van der Waals surface area contributed by atoms with Crippen LogP contribution in [-0.4, -0.2) is 19.2 Å². The number of ether oxygens (including phenoxy) is 1. The van der Waals surface area contributed by atoms with E-state index < -0.39 is 11.6 Å². The molecule has 1 aliphatic carbocycles. The van der Waals surface area contributed by atoms with Crippen LogP contribution in [0.4, 0.5) is 8.78 Å². The van der Waals surface area contributed by atoms with Gasteiger partial charge in [0, 0.05) is 6.04 Å². The van der Waals surface area contributed by atoms with Gasteiger partial charge in [-0.1, -0.05) is 13.0 Å². The minimum atomic E-state index is -0.904. The lowest BCUT2D eigenvalue weighted by molar-refractivity contribution is 0.239. The van der Waals surface area contributed by atoms with Crippen LogP contribution in [0.5, 0.6) is 5.75 Å². The molecule has 17 heavy (non-hydrogen) atoms. The topological polar surface area (TPSA) is 21.3 Å². The molecule has 0 heterocycles. The Bertz CT molecular complexity index is 380. The summed E-state index contributed by atoms with van der Waals surface area (Å²) in [5.41, 5.74) is 0. The highest BCUT2D eigenvalue weighted by atomic mass is 19.2. The third-order valence-corrected chi connectivity index (χ3v) is 2.99. The van der Waals surface area contributed by atoms with E-state index >= 15 is 0 Å². The molecule has 1 atom stereocenters. The Kier molecular flexibility index (Phi) is 3.94. The van der Waals surface area contributed by atoms with E-state index in [2.05, 4.69) is 5.32 Å². The molecule has 0 amide bonds. The molecule has 0 saturated heterocycles.